The minimum Gasteiger partial charge on any atom is -0.490 e. The van der Waals surface area contributed by atoms with Crippen molar-refractivity contribution in [2.75, 3.05) is 20.3 Å². The van der Waals surface area contributed by atoms with Crippen molar-refractivity contribution >= 4 is 15.9 Å². The molecular formula is C16H23BrN2O2. The Morgan fingerprint density at radius 1 is 1.33 bits per heavy atom. The summed E-state index contributed by atoms with van der Waals surface area (Å²) in [4.78, 5) is 0. The molecule has 0 saturated heterocycles. The van der Waals surface area contributed by atoms with Crippen LogP contribution in [0.3, 0.4) is 0 Å². The van der Waals surface area contributed by atoms with Gasteiger partial charge in [0.25, 0.3) is 0 Å². The van der Waals surface area contributed by atoms with E-state index in [1.807, 2.05) is 40.0 Å². The zero-order valence-corrected chi connectivity index (χ0v) is 14.7. The van der Waals surface area contributed by atoms with Crippen LogP contribution in [-0.4, -0.2) is 20.3 Å². The van der Waals surface area contributed by atoms with E-state index in [9.17, 15) is 0 Å². The molecule has 0 fully saturated rings. The quantitative estimate of drug-likeness (QED) is 0.769. The Hall–Kier alpha value is -1.25. The number of nitriles is 1. The molecule has 1 rings (SSSR count). The second-order valence-electron chi connectivity index (χ2n) is 5.46. The van der Waals surface area contributed by atoms with Crippen molar-refractivity contribution in [3.63, 3.8) is 0 Å². The van der Waals surface area contributed by atoms with Crippen molar-refractivity contribution in [1.82, 2.24) is 5.32 Å². The fraction of sp³-hybridized carbons (Fsp3) is 0.562. The van der Waals surface area contributed by atoms with Gasteiger partial charge in [-0.3, -0.25) is 0 Å². The summed E-state index contributed by atoms with van der Waals surface area (Å²) in [6.45, 7) is 7.58. The zero-order valence-electron chi connectivity index (χ0n) is 13.1. The molecule has 0 aliphatic rings. The molecule has 1 aromatic rings. The van der Waals surface area contributed by atoms with E-state index in [1.165, 1.54) is 0 Å². The standard InChI is InChI=1S/C16H23BrN2O2/c1-5-20-14-9-12(10-19-4)8-13(17)15(14)21-7-6-16(2,3)11-18/h8-9,19H,5-7,10H2,1-4H3. The summed E-state index contributed by atoms with van der Waals surface area (Å²) in [6, 6.07) is 6.28. The molecule has 1 N–H and O–H groups in total. The third kappa shape index (κ3) is 5.56. The van der Waals surface area contributed by atoms with E-state index >= 15 is 0 Å². The molecule has 0 amide bonds. The number of rotatable bonds is 8. The summed E-state index contributed by atoms with van der Waals surface area (Å²) >= 11 is 3.54. The van der Waals surface area contributed by atoms with Crippen molar-refractivity contribution in [2.24, 2.45) is 5.41 Å². The third-order valence-corrected chi connectivity index (χ3v) is 3.62. The molecule has 0 aliphatic heterocycles. The molecule has 0 saturated carbocycles. The van der Waals surface area contributed by atoms with Gasteiger partial charge in [-0.15, -0.1) is 0 Å². The smallest absolute Gasteiger partial charge is 0.175 e. The number of ether oxygens (including phenoxy) is 2. The van der Waals surface area contributed by atoms with Gasteiger partial charge in [0.2, 0.25) is 0 Å². The summed E-state index contributed by atoms with van der Waals surface area (Å²) in [5.41, 5.74) is 0.738. The highest BCUT2D eigenvalue weighted by Gasteiger charge is 2.18. The van der Waals surface area contributed by atoms with Gasteiger partial charge in [0.1, 0.15) is 0 Å². The fourth-order valence-corrected chi connectivity index (χ4v) is 2.40. The van der Waals surface area contributed by atoms with Crippen LogP contribution in [0.25, 0.3) is 0 Å². The first-order chi connectivity index (χ1) is 9.93. The Morgan fingerprint density at radius 3 is 2.62 bits per heavy atom. The van der Waals surface area contributed by atoms with Crippen LogP contribution in [0.15, 0.2) is 16.6 Å². The van der Waals surface area contributed by atoms with E-state index in [0.717, 1.165) is 22.3 Å². The Labute approximate surface area is 135 Å². The SMILES string of the molecule is CCOc1cc(CNC)cc(Br)c1OCCC(C)(C)C#N. The lowest BCUT2D eigenvalue weighted by Crippen LogP contribution is -2.14. The van der Waals surface area contributed by atoms with Crippen LogP contribution in [0.1, 0.15) is 32.8 Å². The average molecular weight is 355 g/mol. The van der Waals surface area contributed by atoms with Crippen molar-refractivity contribution in [1.29, 1.82) is 5.26 Å². The molecule has 0 aromatic heterocycles. The van der Waals surface area contributed by atoms with E-state index in [-0.39, 0.29) is 5.41 Å². The Morgan fingerprint density at radius 2 is 2.05 bits per heavy atom. The summed E-state index contributed by atoms with van der Waals surface area (Å²) in [5.74, 6) is 1.43. The lowest BCUT2D eigenvalue weighted by Gasteiger charge is -2.18. The first kappa shape index (κ1) is 17.8. The molecule has 21 heavy (non-hydrogen) atoms. The lowest BCUT2D eigenvalue weighted by atomic mass is 9.92. The van der Waals surface area contributed by atoms with Crippen LogP contribution in [0.5, 0.6) is 11.5 Å². The average Bonchev–Trinajstić information content (AvgIpc) is 2.42. The van der Waals surface area contributed by atoms with Crippen molar-refractivity contribution in [2.45, 2.75) is 33.7 Å². The third-order valence-electron chi connectivity index (χ3n) is 3.03. The Kier molecular flexibility index (Phi) is 7.00. The van der Waals surface area contributed by atoms with Gasteiger partial charge in [0.05, 0.1) is 29.2 Å². The molecule has 0 radical (unpaired) electrons. The Bertz CT molecular complexity index is 510. The van der Waals surface area contributed by atoms with Gasteiger partial charge in [-0.2, -0.15) is 5.26 Å². The van der Waals surface area contributed by atoms with Gasteiger partial charge in [-0.05, 0) is 67.9 Å². The molecule has 1 aromatic carbocycles. The van der Waals surface area contributed by atoms with Crippen LogP contribution in [0.2, 0.25) is 0 Å². The van der Waals surface area contributed by atoms with Gasteiger partial charge in [0.15, 0.2) is 11.5 Å². The van der Waals surface area contributed by atoms with E-state index in [2.05, 4.69) is 27.3 Å². The molecule has 0 spiro atoms. The van der Waals surface area contributed by atoms with Crippen LogP contribution in [-0.2, 0) is 6.54 Å². The van der Waals surface area contributed by atoms with Crippen LogP contribution in [0.4, 0.5) is 0 Å². The Balaban J connectivity index is 2.87. The molecule has 0 aliphatic carbocycles. The number of benzene rings is 1. The van der Waals surface area contributed by atoms with Crippen molar-refractivity contribution in [3.05, 3.63) is 22.2 Å². The molecule has 0 unspecified atom stereocenters. The topological polar surface area (TPSA) is 54.3 Å². The highest BCUT2D eigenvalue weighted by Crippen LogP contribution is 2.37. The number of hydrogen-bond donors (Lipinski definition) is 1. The maximum Gasteiger partial charge on any atom is 0.175 e. The van der Waals surface area contributed by atoms with Crippen LogP contribution >= 0.6 is 15.9 Å². The lowest BCUT2D eigenvalue weighted by molar-refractivity contribution is 0.243. The molecule has 0 heterocycles. The zero-order chi connectivity index (χ0) is 15.9. The highest BCUT2D eigenvalue weighted by atomic mass is 79.9. The summed E-state index contributed by atoms with van der Waals surface area (Å²) < 4.78 is 12.4. The molecular weight excluding hydrogens is 332 g/mol. The minimum absolute atomic E-state index is 0.385. The fourth-order valence-electron chi connectivity index (χ4n) is 1.79. The largest absolute Gasteiger partial charge is 0.490 e. The maximum atomic E-state index is 9.03. The normalized spacial score (nSPS) is 11.0. The van der Waals surface area contributed by atoms with Gasteiger partial charge >= 0.3 is 0 Å². The van der Waals surface area contributed by atoms with Gasteiger partial charge in [0, 0.05) is 6.54 Å². The number of halogens is 1. The molecule has 0 atom stereocenters. The molecule has 116 valence electrons. The van der Waals surface area contributed by atoms with Crippen LogP contribution < -0.4 is 14.8 Å². The van der Waals surface area contributed by atoms with Gasteiger partial charge in [-0.25, -0.2) is 0 Å². The van der Waals surface area contributed by atoms with Crippen molar-refractivity contribution < 1.29 is 9.47 Å². The van der Waals surface area contributed by atoms with E-state index in [1.54, 1.807) is 0 Å². The van der Waals surface area contributed by atoms with Crippen LogP contribution in [0, 0.1) is 16.7 Å². The second kappa shape index (κ2) is 8.26. The number of nitrogens with one attached hydrogen (secondary N) is 1. The summed E-state index contributed by atoms with van der Waals surface area (Å²) in [5, 5.41) is 12.2. The summed E-state index contributed by atoms with van der Waals surface area (Å²) in [6.07, 6.45) is 0.666. The predicted molar refractivity (Wildman–Crippen MR) is 87.6 cm³/mol. The number of hydrogen-bond acceptors (Lipinski definition) is 4. The second-order valence-corrected chi connectivity index (χ2v) is 6.32. The molecule has 4 nitrogen and oxygen atoms in total. The first-order valence-electron chi connectivity index (χ1n) is 7.07. The number of nitrogens with zero attached hydrogens (tertiary/aromatic N) is 1. The van der Waals surface area contributed by atoms with Crippen molar-refractivity contribution in [3.8, 4) is 17.6 Å². The van der Waals surface area contributed by atoms with E-state index < -0.39 is 0 Å². The monoisotopic (exact) mass is 354 g/mol. The predicted octanol–water partition coefficient (Wildman–Crippen LogP) is 3.89. The van der Waals surface area contributed by atoms with Gasteiger partial charge < -0.3 is 14.8 Å². The van der Waals surface area contributed by atoms with Gasteiger partial charge in [-0.1, -0.05) is 0 Å². The molecule has 0 bridgehead atoms. The highest BCUT2D eigenvalue weighted by molar-refractivity contribution is 9.10. The summed E-state index contributed by atoms with van der Waals surface area (Å²) in [7, 11) is 1.91. The first-order valence-corrected chi connectivity index (χ1v) is 7.86. The van der Waals surface area contributed by atoms with E-state index in [0.29, 0.717) is 25.4 Å². The molecule has 5 heteroatoms. The van der Waals surface area contributed by atoms with E-state index in [4.69, 9.17) is 14.7 Å². The maximum absolute atomic E-state index is 9.03. The minimum atomic E-state index is -0.385.